The maximum atomic E-state index is 12.4. The lowest BCUT2D eigenvalue weighted by Crippen LogP contribution is -2.61. The molecule has 0 bridgehead atoms. The Morgan fingerprint density at radius 1 is 1.32 bits per heavy atom. The third-order valence-electron chi connectivity index (χ3n) is 4.73. The molecule has 0 unspecified atom stereocenters. The summed E-state index contributed by atoms with van der Waals surface area (Å²) in [5.41, 5.74) is 1.42. The molecule has 1 amide bonds. The average Bonchev–Trinajstić information content (AvgIpc) is 3.11. The van der Waals surface area contributed by atoms with Gasteiger partial charge < -0.3 is 14.6 Å². The zero-order valence-electron chi connectivity index (χ0n) is 12.7. The Balaban J connectivity index is 1.60. The second-order valence-corrected chi connectivity index (χ2v) is 6.82. The van der Waals surface area contributed by atoms with Crippen LogP contribution in [0.3, 0.4) is 0 Å². The number of aromatic nitrogens is 3. The molecule has 6 nitrogen and oxygen atoms in total. The van der Waals surface area contributed by atoms with E-state index in [2.05, 4.69) is 14.5 Å². The number of carbonyl (C=O) groups excluding carboxylic acids is 1. The fourth-order valence-corrected chi connectivity index (χ4v) is 3.59. The van der Waals surface area contributed by atoms with Crippen LogP contribution in [0.1, 0.15) is 49.0 Å². The number of carbonyl (C=O) groups is 1. The quantitative estimate of drug-likeness (QED) is 0.917. The number of likely N-dealkylation sites (tertiary alicyclic amines) is 1. The average molecular weight is 300 g/mol. The highest BCUT2D eigenvalue weighted by Crippen LogP contribution is 2.31. The van der Waals surface area contributed by atoms with E-state index in [9.17, 15) is 9.90 Å². The predicted molar refractivity (Wildman–Crippen MR) is 81.6 cm³/mol. The molecule has 1 N–H and O–H groups in total. The number of amides is 1. The minimum atomic E-state index is -0.753. The molecular weight excluding hydrogens is 280 g/mol. The Bertz CT molecular complexity index is 723. The van der Waals surface area contributed by atoms with E-state index in [1.807, 2.05) is 12.4 Å². The monoisotopic (exact) mass is 300 g/mol. The van der Waals surface area contributed by atoms with Gasteiger partial charge in [0.2, 0.25) is 0 Å². The molecule has 0 radical (unpaired) electrons. The summed E-state index contributed by atoms with van der Waals surface area (Å²) < 4.78 is 2.14. The van der Waals surface area contributed by atoms with Crippen molar-refractivity contribution in [1.29, 1.82) is 0 Å². The van der Waals surface area contributed by atoms with Gasteiger partial charge in [-0.15, -0.1) is 0 Å². The highest BCUT2D eigenvalue weighted by atomic mass is 16.3. The van der Waals surface area contributed by atoms with Gasteiger partial charge in [0.25, 0.3) is 5.91 Å². The Morgan fingerprint density at radius 2 is 2.05 bits per heavy atom. The van der Waals surface area contributed by atoms with Gasteiger partial charge in [0.1, 0.15) is 5.52 Å². The first-order valence-corrected chi connectivity index (χ1v) is 7.88. The summed E-state index contributed by atoms with van der Waals surface area (Å²) in [4.78, 5) is 22.9. The highest BCUT2D eigenvalue weighted by molar-refractivity contribution is 5.97. The molecule has 1 saturated carbocycles. The number of nitrogens with zero attached hydrogens (tertiary/aromatic N) is 4. The van der Waals surface area contributed by atoms with Gasteiger partial charge in [-0.25, -0.2) is 9.97 Å². The number of imidazole rings is 1. The maximum absolute atomic E-state index is 12.4. The first kappa shape index (κ1) is 13.7. The van der Waals surface area contributed by atoms with Crippen LogP contribution in [-0.4, -0.2) is 49.1 Å². The molecule has 2 aliphatic rings. The predicted octanol–water partition coefficient (Wildman–Crippen LogP) is 1.75. The van der Waals surface area contributed by atoms with Gasteiger partial charge >= 0.3 is 0 Å². The number of aliphatic hydroxyl groups is 1. The standard InChI is InChI=1S/C16H20N4O2/c1-16(22)8-19(9-16)15(21)11-6-13-14(17-7-11)20(10-18-13)12-4-2-3-5-12/h6-7,10,12,22H,2-5,8-9H2,1H3. The van der Waals surface area contributed by atoms with Crippen molar-refractivity contribution in [3.05, 3.63) is 24.2 Å². The number of hydrogen-bond donors (Lipinski definition) is 1. The number of β-amino-alcohol motifs (C(OH)–C–C–N with tert-alkyl or cyclic N) is 1. The Morgan fingerprint density at radius 3 is 2.73 bits per heavy atom. The van der Waals surface area contributed by atoms with Crippen molar-refractivity contribution in [2.45, 2.75) is 44.2 Å². The lowest BCUT2D eigenvalue weighted by Gasteiger charge is -2.44. The molecule has 1 aliphatic heterocycles. The smallest absolute Gasteiger partial charge is 0.255 e. The summed E-state index contributed by atoms with van der Waals surface area (Å²) in [6.45, 7) is 2.49. The summed E-state index contributed by atoms with van der Waals surface area (Å²) in [6, 6.07) is 2.30. The molecule has 2 fully saturated rings. The van der Waals surface area contributed by atoms with E-state index in [4.69, 9.17) is 0 Å². The molecule has 0 spiro atoms. The van der Waals surface area contributed by atoms with Crippen molar-refractivity contribution in [1.82, 2.24) is 19.4 Å². The van der Waals surface area contributed by atoms with Gasteiger partial charge in [-0.3, -0.25) is 4.79 Å². The first-order chi connectivity index (χ1) is 10.5. The molecule has 0 aromatic carbocycles. The molecule has 6 heteroatoms. The van der Waals surface area contributed by atoms with Crippen molar-refractivity contribution in [2.75, 3.05) is 13.1 Å². The van der Waals surface area contributed by atoms with Crippen molar-refractivity contribution < 1.29 is 9.90 Å². The topological polar surface area (TPSA) is 71.2 Å². The summed E-state index contributed by atoms with van der Waals surface area (Å²) in [5.74, 6) is -0.0867. The van der Waals surface area contributed by atoms with Crippen LogP contribution in [0.5, 0.6) is 0 Å². The number of pyridine rings is 1. The van der Waals surface area contributed by atoms with Crippen molar-refractivity contribution in [3.63, 3.8) is 0 Å². The SMILES string of the molecule is CC1(O)CN(C(=O)c2cnc3c(c2)ncn3C2CCCC2)C1. The molecule has 1 saturated heterocycles. The summed E-state index contributed by atoms with van der Waals surface area (Å²) in [5, 5.41) is 9.75. The third-order valence-corrected chi connectivity index (χ3v) is 4.73. The summed E-state index contributed by atoms with van der Waals surface area (Å²) in [7, 11) is 0. The van der Waals surface area contributed by atoms with Crippen LogP contribution in [-0.2, 0) is 0 Å². The van der Waals surface area contributed by atoms with Crippen LogP contribution < -0.4 is 0 Å². The van der Waals surface area contributed by atoms with Crippen molar-refractivity contribution >= 4 is 17.1 Å². The number of fused-ring (bicyclic) bond motifs is 1. The maximum Gasteiger partial charge on any atom is 0.255 e. The van der Waals surface area contributed by atoms with Crippen molar-refractivity contribution in [2.24, 2.45) is 0 Å². The van der Waals surface area contributed by atoms with E-state index in [-0.39, 0.29) is 5.91 Å². The number of hydrogen-bond acceptors (Lipinski definition) is 4. The van der Waals surface area contributed by atoms with E-state index >= 15 is 0 Å². The zero-order valence-corrected chi connectivity index (χ0v) is 12.7. The lowest BCUT2D eigenvalue weighted by atomic mass is 9.96. The Hall–Kier alpha value is -1.95. The van der Waals surface area contributed by atoms with E-state index in [1.165, 1.54) is 25.7 Å². The normalized spacial score (nSPS) is 21.3. The summed E-state index contributed by atoms with van der Waals surface area (Å²) >= 11 is 0. The van der Waals surface area contributed by atoms with Crippen LogP contribution in [0.4, 0.5) is 0 Å². The van der Waals surface area contributed by atoms with Gasteiger partial charge in [0.05, 0.1) is 30.6 Å². The molecule has 4 rings (SSSR count). The lowest BCUT2D eigenvalue weighted by molar-refractivity contribution is -0.0668. The molecule has 3 heterocycles. The molecule has 2 aromatic heterocycles. The molecular formula is C16H20N4O2. The van der Waals surface area contributed by atoms with Crippen LogP contribution in [0, 0.1) is 0 Å². The van der Waals surface area contributed by atoms with E-state index in [0.29, 0.717) is 24.7 Å². The van der Waals surface area contributed by atoms with Gasteiger partial charge in [-0.1, -0.05) is 12.8 Å². The third kappa shape index (κ3) is 2.18. The Kier molecular flexibility index (Phi) is 2.97. The van der Waals surface area contributed by atoms with E-state index < -0.39 is 5.60 Å². The molecule has 22 heavy (non-hydrogen) atoms. The molecule has 116 valence electrons. The molecule has 1 aliphatic carbocycles. The highest BCUT2D eigenvalue weighted by Gasteiger charge is 2.39. The minimum absolute atomic E-state index is 0.0867. The van der Waals surface area contributed by atoms with Gasteiger partial charge in [0.15, 0.2) is 5.65 Å². The van der Waals surface area contributed by atoms with Crippen LogP contribution in [0.15, 0.2) is 18.6 Å². The van der Waals surface area contributed by atoms with E-state index in [1.54, 1.807) is 18.0 Å². The number of rotatable bonds is 2. The Labute approximate surface area is 128 Å². The van der Waals surface area contributed by atoms with E-state index in [0.717, 1.165) is 11.2 Å². The zero-order chi connectivity index (χ0) is 15.3. The largest absolute Gasteiger partial charge is 0.386 e. The second kappa shape index (κ2) is 4.78. The van der Waals surface area contributed by atoms with Crippen LogP contribution in [0.25, 0.3) is 11.2 Å². The second-order valence-electron chi connectivity index (χ2n) is 6.82. The van der Waals surface area contributed by atoms with Crippen LogP contribution >= 0.6 is 0 Å². The molecule has 0 atom stereocenters. The minimum Gasteiger partial charge on any atom is -0.386 e. The summed E-state index contributed by atoms with van der Waals surface area (Å²) in [6.07, 6.45) is 8.35. The van der Waals surface area contributed by atoms with Gasteiger partial charge in [0, 0.05) is 12.2 Å². The fraction of sp³-hybridized carbons (Fsp3) is 0.562. The first-order valence-electron chi connectivity index (χ1n) is 7.88. The van der Waals surface area contributed by atoms with Crippen LogP contribution in [0.2, 0.25) is 0 Å². The van der Waals surface area contributed by atoms with Gasteiger partial charge in [-0.05, 0) is 25.8 Å². The fourth-order valence-electron chi connectivity index (χ4n) is 3.59. The van der Waals surface area contributed by atoms with Gasteiger partial charge in [-0.2, -0.15) is 0 Å². The molecule has 2 aromatic rings. The van der Waals surface area contributed by atoms with Crippen molar-refractivity contribution in [3.8, 4) is 0 Å².